The maximum Gasteiger partial charge on any atom is 0.108 e. The van der Waals surface area contributed by atoms with Crippen LogP contribution in [0.5, 0.6) is 0 Å². The molecule has 0 spiro atoms. The average Bonchev–Trinajstić information content (AvgIpc) is 1.98. The molecule has 0 heterocycles. The summed E-state index contributed by atoms with van der Waals surface area (Å²) < 4.78 is 13.5. The quantitative estimate of drug-likeness (QED) is 0.591. The minimum atomic E-state index is -0.941. The highest BCUT2D eigenvalue weighted by molar-refractivity contribution is 4.71. The van der Waals surface area contributed by atoms with Crippen molar-refractivity contribution in [3.8, 4) is 0 Å². The van der Waals surface area contributed by atoms with Crippen LogP contribution in [0.1, 0.15) is 52.4 Å². The van der Waals surface area contributed by atoms with E-state index in [4.69, 9.17) is 5.73 Å². The summed E-state index contributed by atoms with van der Waals surface area (Å²) >= 11 is 0. The second-order valence-corrected chi connectivity index (χ2v) is 3.76. The molecule has 0 rings (SSSR count). The van der Waals surface area contributed by atoms with E-state index in [1.54, 1.807) is 6.92 Å². The molecule has 0 aliphatic heterocycles. The van der Waals surface area contributed by atoms with Gasteiger partial charge in [0.2, 0.25) is 0 Å². The van der Waals surface area contributed by atoms with E-state index >= 15 is 0 Å². The first-order valence-electron chi connectivity index (χ1n) is 5.01. The van der Waals surface area contributed by atoms with Crippen molar-refractivity contribution < 1.29 is 4.39 Å². The van der Waals surface area contributed by atoms with Crippen LogP contribution in [-0.2, 0) is 0 Å². The Morgan fingerprint density at radius 2 is 1.83 bits per heavy atom. The topological polar surface area (TPSA) is 26.0 Å². The van der Waals surface area contributed by atoms with Gasteiger partial charge in [0.25, 0.3) is 0 Å². The summed E-state index contributed by atoms with van der Waals surface area (Å²) in [6, 6.07) is 0. The van der Waals surface area contributed by atoms with Crippen LogP contribution in [0.2, 0.25) is 0 Å². The Labute approximate surface area is 75.5 Å². The second kappa shape index (κ2) is 6.41. The number of hydrogen-bond acceptors (Lipinski definition) is 1. The van der Waals surface area contributed by atoms with Gasteiger partial charge < -0.3 is 5.73 Å². The number of alkyl halides is 1. The fourth-order valence-corrected chi connectivity index (χ4v) is 1.46. The molecule has 0 fully saturated rings. The van der Waals surface area contributed by atoms with E-state index in [-0.39, 0.29) is 0 Å². The molecule has 0 amide bonds. The Balaban J connectivity index is 3.33. The summed E-state index contributed by atoms with van der Waals surface area (Å²) in [5.74, 6) is 0. The maximum atomic E-state index is 13.5. The van der Waals surface area contributed by atoms with Crippen LogP contribution in [-0.4, -0.2) is 12.2 Å². The van der Waals surface area contributed by atoms with Gasteiger partial charge in [0, 0.05) is 0 Å². The molecule has 1 nitrogen and oxygen atoms in total. The first kappa shape index (κ1) is 11.9. The van der Waals surface area contributed by atoms with Crippen LogP contribution in [0.15, 0.2) is 0 Å². The van der Waals surface area contributed by atoms with E-state index in [2.05, 4.69) is 0 Å². The third-order valence-corrected chi connectivity index (χ3v) is 2.17. The molecule has 0 aliphatic rings. The second-order valence-electron chi connectivity index (χ2n) is 3.76. The van der Waals surface area contributed by atoms with Gasteiger partial charge >= 0.3 is 0 Å². The highest BCUT2D eigenvalue weighted by Gasteiger charge is 2.20. The first-order valence-corrected chi connectivity index (χ1v) is 5.01. The summed E-state index contributed by atoms with van der Waals surface area (Å²) in [7, 11) is 0. The highest BCUT2D eigenvalue weighted by atomic mass is 19.1. The Hall–Kier alpha value is -0.110. The van der Waals surface area contributed by atoms with E-state index in [1.165, 1.54) is 0 Å². The smallest absolute Gasteiger partial charge is 0.108 e. The zero-order valence-electron chi connectivity index (χ0n) is 8.41. The SMILES string of the molecule is CCCC(C)(F)CCCCCN. The van der Waals surface area contributed by atoms with Crippen LogP contribution in [0.3, 0.4) is 0 Å². The van der Waals surface area contributed by atoms with Gasteiger partial charge in [-0.15, -0.1) is 0 Å². The third-order valence-electron chi connectivity index (χ3n) is 2.17. The van der Waals surface area contributed by atoms with Crippen molar-refractivity contribution in [1.29, 1.82) is 0 Å². The molecule has 2 heteroatoms. The molecular weight excluding hydrogens is 153 g/mol. The van der Waals surface area contributed by atoms with Gasteiger partial charge in [0.15, 0.2) is 0 Å². The fourth-order valence-electron chi connectivity index (χ4n) is 1.46. The largest absolute Gasteiger partial charge is 0.330 e. The van der Waals surface area contributed by atoms with Crippen molar-refractivity contribution in [2.24, 2.45) is 5.73 Å². The van der Waals surface area contributed by atoms with Gasteiger partial charge in [-0.1, -0.05) is 26.2 Å². The molecule has 0 saturated carbocycles. The zero-order valence-corrected chi connectivity index (χ0v) is 8.41. The van der Waals surface area contributed by atoms with E-state index in [0.29, 0.717) is 12.8 Å². The van der Waals surface area contributed by atoms with E-state index in [0.717, 1.165) is 32.2 Å². The molecule has 0 aliphatic carbocycles. The minimum absolute atomic E-state index is 0.690. The van der Waals surface area contributed by atoms with Crippen molar-refractivity contribution in [1.82, 2.24) is 0 Å². The Bertz CT molecular complexity index is 102. The van der Waals surface area contributed by atoms with Crippen LogP contribution in [0, 0.1) is 0 Å². The fraction of sp³-hybridized carbons (Fsp3) is 1.00. The Kier molecular flexibility index (Phi) is 6.35. The molecule has 2 N–H and O–H groups in total. The highest BCUT2D eigenvalue weighted by Crippen LogP contribution is 2.24. The van der Waals surface area contributed by atoms with Crippen LogP contribution in [0.25, 0.3) is 0 Å². The molecular formula is C10H22FN. The molecule has 74 valence electrons. The molecule has 0 radical (unpaired) electrons. The third kappa shape index (κ3) is 6.59. The molecule has 0 aromatic heterocycles. The lowest BCUT2D eigenvalue weighted by atomic mass is 9.95. The molecule has 12 heavy (non-hydrogen) atoms. The molecule has 0 saturated heterocycles. The van der Waals surface area contributed by atoms with Crippen molar-refractivity contribution in [2.75, 3.05) is 6.54 Å². The summed E-state index contributed by atoms with van der Waals surface area (Å²) in [6.07, 6.45) is 5.40. The van der Waals surface area contributed by atoms with Crippen LogP contribution in [0.4, 0.5) is 4.39 Å². The number of unbranched alkanes of at least 4 members (excludes halogenated alkanes) is 2. The molecule has 0 aromatic rings. The van der Waals surface area contributed by atoms with Gasteiger partial charge in [-0.2, -0.15) is 0 Å². The summed E-state index contributed by atoms with van der Waals surface area (Å²) in [5, 5.41) is 0. The van der Waals surface area contributed by atoms with Gasteiger partial charge in [0.05, 0.1) is 0 Å². The number of halogens is 1. The lowest BCUT2D eigenvalue weighted by molar-refractivity contribution is 0.155. The van der Waals surface area contributed by atoms with Crippen molar-refractivity contribution >= 4 is 0 Å². The number of rotatable bonds is 7. The van der Waals surface area contributed by atoms with E-state index < -0.39 is 5.67 Å². The van der Waals surface area contributed by atoms with Crippen LogP contribution < -0.4 is 5.73 Å². The standard InChI is InChI=1S/C10H22FN/c1-3-7-10(2,11)8-5-4-6-9-12/h3-9,12H2,1-2H3. The molecule has 1 unspecified atom stereocenters. The summed E-state index contributed by atoms with van der Waals surface area (Å²) in [4.78, 5) is 0. The Morgan fingerprint density at radius 1 is 1.17 bits per heavy atom. The molecule has 1 atom stereocenters. The maximum absolute atomic E-state index is 13.5. The number of hydrogen-bond donors (Lipinski definition) is 1. The first-order chi connectivity index (χ1) is 5.62. The van der Waals surface area contributed by atoms with Crippen molar-refractivity contribution in [2.45, 2.75) is 58.0 Å². The van der Waals surface area contributed by atoms with E-state index in [1.807, 2.05) is 6.92 Å². The molecule has 0 aromatic carbocycles. The van der Waals surface area contributed by atoms with Gasteiger partial charge in [-0.25, -0.2) is 4.39 Å². The lowest BCUT2D eigenvalue weighted by Gasteiger charge is -2.18. The van der Waals surface area contributed by atoms with Crippen molar-refractivity contribution in [3.63, 3.8) is 0 Å². The predicted octanol–water partition coefficient (Wildman–Crippen LogP) is 3.03. The normalized spacial score (nSPS) is 16.0. The van der Waals surface area contributed by atoms with Crippen molar-refractivity contribution in [3.05, 3.63) is 0 Å². The molecule has 0 bridgehead atoms. The van der Waals surface area contributed by atoms with Gasteiger partial charge in [-0.05, 0) is 32.7 Å². The lowest BCUT2D eigenvalue weighted by Crippen LogP contribution is -2.17. The summed E-state index contributed by atoms with van der Waals surface area (Å²) in [6.45, 7) is 4.47. The van der Waals surface area contributed by atoms with Gasteiger partial charge in [0.1, 0.15) is 5.67 Å². The van der Waals surface area contributed by atoms with Gasteiger partial charge in [-0.3, -0.25) is 0 Å². The zero-order chi connectivity index (χ0) is 9.45. The predicted molar refractivity (Wildman–Crippen MR) is 51.9 cm³/mol. The average molecular weight is 175 g/mol. The minimum Gasteiger partial charge on any atom is -0.330 e. The monoisotopic (exact) mass is 175 g/mol. The Morgan fingerprint density at radius 3 is 2.33 bits per heavy atom. The number of nitrogens with two attached hydrogens (primary N) is 1. The van der Waals surface area contributed by atoms with E-state index in [9.17, 15) is 4.39 Å². The summed E-state index contributed by atoms with van der Waals surface area (Å²) in [5.41, 5.74) is 4.40. The van der Waals surface area contributed by atoms with Crippen LogP contribution >= 0.6 is 0 Å².